The molecule has 10 aliphatic heterocycles. The van der Waals surface area contributed by atoms with Crippen molar-refractivity contribution in [2.24, 2.45) is 10.2 Å². The van der Waals surface area contributed by atoms with Gasteiger partial charge in [0.2, 0.25) is 0 Å². The second-order valence-corrected chi connectivity index (χ2v) is 36.4. The van der Waals surface area contributed by atoms with E-state index < -0.39 is 6.51 Å². The molecular formula is C22H20FeN2. The Balaban J connectivity index is 0.0000000814. The number of rotatable bonds is 2. The molecule has 0 aromatic heterocycles. The van der Waals surface area contributed by atoms with Gasteiger partial charge in [-0.05, 0) is 24.3 Å². The maximum atomic E-state index is 4.10. The van der Waals surface area contributed by atoms with Crippen LogP contribution >= 0.6 is 0 Å². The number of fused-ring (bicyclic) bond motifs is 10. The average molecular weight is 368 g/mol. The minimum atomic E-state index is -2.28. The van der Waals surface area contributed by atoms with Gasteiger partial charge in [0.1, 0.15) is 0 Å². The number of benzene rings is 2. The van der Waals surface area contributed by atoms with Crippen molar-refractivity contribution in [3.63, 3.8) is 0 Å². The zero-order chi connectivity index (χ0) is 15.7. The van der Waals surface area contributed by atoms with Crippen LogP contribution in [0.3, 0.4) is 0 Å². The SMILES string of the molecule is [CH]12[CH]3[CH]4[CH]5[CH]1[Fe]23451678[CH]2[CH]1[CH]6[CH]7[CH]28.c1ccc(N=Nc2ccccc2)cc1. The van der Waals surface area contributed by atoms with E-state index in [2.05, 4.69) is 10.2 Å². The third-order valence-electron chi connectivity index (χ3n) is 16.3. The summed E-state index contributed by atoms with van der Waals surface area (Å²) in [7, 11) is 0. The van der Waals surface area contributed by atoms with Gasteiger partial charge < -0.3 is 0 Å². The van der Waals surface area contributed by atoms with Crippen molar-refractivity contribution in [2.45, 2.75) is 48.2 Å². The molecule has 10 saturated heterocycles. The quantitative estimate of drug-likeness (QED) is 0.388. The van der Waals surface area contributed by atoms with Gasteiger partial charge in [-0.25, -0.2) is 0 Å². The molecule has 3 heteroatoms. The molecule has 0 saturated carbocycles. The second-order valence-electron chi connectivity index (χ2n) is 12.5. The Labute approximate surface area is 137 Å². The van der Waals surface area contributed by atoms with Gasteiger partial charge in [-0.15, -0.1) is 0 Å². The van der Waals surface area contributed by atoms with Crippen molar-refractivity contribution in [3.05, 3.63) is 60.7 Å². The van der Waals surface area contributed by atoms with Crippen molar-refractivity contribution >= 4 is 11.4 Å². The van der Waals surface area contributed by atoms with E-state index in [1.54, 1.807) is 48.2 Å². The fraction of sp³-hybridized carbons (Fsp3) is 0.455. The fourth-order valence-corrected chi connectivity index (χ4v) is 89.1. The Hall–Kier alpha value is -1.44. The van der Waals surface area contributed by atoms with E-state index in [0.717, 1.165) is 11.4 Å². The van der Waals surface area contributed by atoms with Gasteiger partial charge in [0, 0.05) is 0 Å². The molecule has 0 amide bonds. The summed E-state index contributed by atoms with van der Waals surface area (Å²) < 4.78 is 0. The molecule has 126 valence electrons. The first-order chi connectivity index (χ1) is 12.1. The monoisotopic (exact) mass is 368 g/mol. The molecule has 0 radical (unpaired) electrons. The molecule has 0 unspecified atom stereocenters. The van der Waals surface area contributed by atoms with Crippen molar-refractivity contribution in [1.82, 2.24) is 0 Å². The normalized spacial score (nSPS) is 81.1. The molecule has 12 rings (SSSR count). The number of hydrogen-bond donors (Lipinski definition) is 0. The molecule has 2 nitrogen and oxygen atoms in total. The summed E-state index contributed by atoms with van der Waals surface area (Å²) in [5.74, 6) is 0. The van der Waals surface area contributed by atoms with Crippen molar-refractivity contribution in [1.29, 1.82) is 0 Å². The summed E-state index contributed by atoms with van der Waals surface area (Å²) in [6, 6.07) is 19.4. The number of azo groups is 1. The van der Waals surface area contributed by atoms with Crippen LogP contribution in [0.25, 0.3) is 0 Å². The Bertz CT molecular complexity index is 1160. The van der Waals surface area contributed by atoms with Crippen LogP contribution < -0.4 is 0 Å². The van der Waals surface area contributed by atoms with Crippen LogP contribution in [0.4, 0.5) is 11.4 Å². The Morgan fingerprint density at radius 1 is 0.440 bits per heavy atom. The predicted molar refractivity (Wildman–Crippen MR) is 94.6 cm³/mol. The molecule has 10 aliphatic rings. The van der Waals surface area contributed by atoms with Gasteiger partial charge in [-0.1, -0.05) is 36.4 Å². The van der Waals surface area contributed by atoms with Crippen molar-refractivity contribution in [2.75, 3.05) is 0 Å². The van der Waals surface area contributed by atoms with Crippen LogP contribution in [0.2, 0.25) is 48.2 Å². The van der Waals surface area contributed by atoms with E-state index in [1.807, 2.05) is 60.7 Å². The van der Waals surface area contributed by atoms with E-state index in [9.17, 15) is 0 Å². The zero-order valence-corrected chi connectivity index (χ0v) is 14.9. The maximum Gasteiger partial charge on any atom is 0.0857 e. The van der Waals surface area contributed by atoms with Gasteiger partial charge in [0.25, 0.3) is 0 Å². The third kappa shape index (κ3) is 0.198. The molecule has 0 atom stereocenters. The second kappa shape index (κ2) is 1.25. The molecule has 0 aliphatic carbocycles. The Kier molecular flexibility index (Phi) is 0.533. The van der Waals surface area contributed by atoms with Gasteiger partial charge in [0.15, 0.2) is 0 Å². The summed E-state index contributed by atoms with van der Waals surface area (Å²) in [6.07, 6.45) is 0. The summed E-state index contributed by atoms with van der Waals surface area (Å²) in [4.78, 5) is 15.9. The number of nitrogens with zero attached hydrogens (tertiary/aromatic N) is 2. The van der Waals surface area contributed by atoms with Gasteiger partial charge >= 0.3 is 54.7 Å². The molecule has 0 N–H and O–H groups in total. The van der Waals surface area contributed by atoms with E-state index in [-0.39, 0.29) is 0 Å². The van der Waals surface area contributed by atoms with E-state index in [0.29, 0.717) is 0 Å². The molecule has 1 spiro atoms. The third-order valence-corrected chi connectivity index (χ3v) is 58.3. The Morgan fingerprint density at radius 3 is 0.920 bits per heavy atom. The van der Waals surface area contributed by atoms with Crippen LogP contribution in [0.1, 0.15) is 0 Å². The van der Waals surface area contributed by atoms with E-state index in [1.165, 1.54) is 0 Å². The Morgan fingerprint density at radius 2 is 0.720 bits per heavy atom. The first kappa shape index (κ1) is 10.6. The zero-order valence-electron chi connectivity index (χ0n) is 13.8. The molecule has 2 aromatic carbocycles. The largest absolute Gasteiger partial charge is 0.151 e. The minimum Gasteiger partial charge on any atom is -0.151 e. The molecule has 10 heterocycles. The topological polar surface area (TPSA) is 24.7 Å². The van der Waals surface area contributed by atoms with E-state index in [4.69, 9.17) is 0 Å². The first-order valence-corrected chi connectivity index (χ1v) is 16.2. The van der Waals surface area contributed by atoms with Crippen LogP contribution in [-0.2, 0) is 6.51 Å². The summed E-state index contributed by atoms with van der Waals surface area (Å²) in [5.41, 5.74) is 1.74. The van der Waals surface area contributed by atoms with Gasteiger partial charge in [0.05, 0.1) is 11.4 Å². The standard InChI is InChI=1S/C12H10N2.2C5H5.Fe/c1-3-7-11(8-4-1)13-14-12-9-5-2-6-10-12;2*1-2-4-5-3-1;/h1-10H;2*1-5H;. The minimum absolute atomic E-state index is 0.872. The van der Waals surface area contributed by atoms with Crippen LogP contribution in [-0.4, -0.2) is 0 Å². The van der Waals surface area contributed by atoms with Crippen molar-refractivity contribution < 1.29 is 6.51 Å². The maximum absolute atomic E-state index is 4.10. The summed E-state index contributed by atoms with van der Waals surface area (Å²) in [5, 5.41) is 8.20. The smallest absolute Gasteiger partial charge is 0.0857 e. The number of hydrogen-bond acceptors (Lipinski definition) is 2. The average Bonchev–Trinajstić information content (AvgIpc) is 3.61. The fourth-order valence-electron chi connectivity index (χ4n) is 16.9. The molecule has 25 heavy (non-hydrogen) atoms. The molecule has 0 bridgehead atoms. The van der Waals surface area contributed by atoms with Crippen LogP contribution in [0, 0.1) is 0 Å². The van der Waals surface area contributed by atoms with Gasteiger partial charge in [-0.3, -0.25) is 0 Å². The van der Waals surface area contributed by atoms with Gasteiger partial charge in [-0.2, -0.15) is 10.2 Å². The summed E-state index contributed by atoms with van der Waals surface area (Å²) in [6.45, 7) is -2.28. The van der Waals surface area contributed by atoms with Crippen LogP contribution in [0.5, 0.6) is 0 Å². The molecule has 10 fully saturated rings. The van der Waals surface area contributed by atoms with Crippen molar-refractivity contribution in [3.8, 4) is 0 Å². The first-order valence-electron chi connectivity index (χ1n) is 9.84. The predicted octanol–water partition coefficient (Wildman–Crippen LogP) is 7.48. The summed E-state index contributed by atoms with van der Waals surface area (Å²) >= 11 is 0. The van der Waals surface area contributed by atoms with Crippen LogP contribution in [0.15, 0.2) is 70.9 Å². The molecular weight excluding hydrogens is 348 g/mol. The molecule has 2 aromatic rings. The van der Waals surface area contributed by atoms with E-state index >= 15 is 0 Å².